The van der Waals surface area contributed by atoms with Gasteiger partial charge in [0.15, 0.2) is 5.82 Å². The number of nitrogens with zero attached hydrogens (tertiary/aromatic N) is 3. The molecular weight excluding hydrogens is 274 g/mol. The number of rotatable bonds is 5. The Kier molecular flexibility index (Phi) is 4.25. The lowest BCUT2D eigenvalue weighted by molar-refractivity contribution is 0.841. The van der Waals surface area contributed by atoms with Gasteiger partial charge in [0.05, 0.1) is 12.2 Å². The maximum Gasteiger partial charge on any atom is 0.245 e. The van der Waals surface area contributed by atoms with Gasteiger partial charge >= 0.3 is 0 Å². The quantitative estimate of drug-likeness (QED) is 0.749. The second kappa shape index (κ2) is 6.67. The van der Waals surface area contributed by atoms with Crippen molar-refractivity contribution in [2.24, 2.45) is 0 Å². The molecule has 5 nitrogen and oxygen atoms in total. The predicted molar refractivity (Wildman–Crippen MR) is 88.0 cm³/mol. The predicted octanol–water partition coefficient (Wildman–Crippen LogP) is 3.79. The number of nitrogens with one attached hydrogen (secondary N) is 2. The first-order chi connectivity index (χ1) is 10.8. The molecule has 0 fully saturated rings. The van der Waals surface area contributed by atoms with Crippen LogP contribution >= 0.6 is 0 Å². The average molecular weight is 291 g/mol. The third-order valence-corrected chi connectivity index (χ3v) is 3.25. The Morgan fingerprint density at radius 1 is 0.909 bits per heavy atom. The summed E-state index contributed by atoms with van der Waals surface area (Å²) < 4.78 is 0. The lowest BCUT2D eigenvalue weighted by Crippen LogP contribution is -2.10. The van der Waals surface area contributed by atoms with Gasteiger partial charge < -0.3 is 10.6 Å². The van der Waals surface area contributed by atoms with Crippen LogP contribution in [0.25, 0.3) is 0 Å². The van der Waals surface area contributed by atoms with Crippen LogP contribution in [0.3, 0.4) is 0 Å². The summed E-state index contributed by atoms with van der Waals surface area (Å²) in [6.45, 7) is 2.07. The third-order valence-electron chi connectivity index (χ3n) is 3.25. The van der Waals surface area contributed by atoms with Gasteiger partial charge in [-0.15, -0.1) is 5.10 Å². The Morgan fingerprint density at radius 2 is 1.59 bits per heavy atom. The fourth-order valence-corrected chi connectivity index (χ4v) is 2.11. The summed E-state index contributed by atoms with van der Waals surface area (Å²) in [5.41, 5.74) is 2.14. The lowest BCUT2D eigenvalue weighted by atomic mass is 10.1. The molecule has 3 rings (SSSR count). The minimum atomic E-state index is 0.106. The normalized spacial score (nSPS) is 11.7. The van der Waals surface area contributed by atoms with Gasteiger partial charge in [-0.25, -0.2) is 0 Å². The van der Waals surface area contributed by atoms with Crippen molar-refractivity contribution in [3.63, 3.8) is 0 Å². The largest absolute Gasteiger partial charge is 0.346 e. The van der Waals surface area contributed by atoms with E-state index >= 15 is 0 Å². The van der Waals surface area contributed by atoms with E-state index < -0.39 is 0 Å². The molecule has 0 aliphatic heterocycles. The zero-order valence-electron chi connectivity index (χ0n) is 12.3. The highest BCUT2D eigenvalue weighted by molar-refractivity contribution is 5.55. The Morgan fingerprint density at radius 3 is 2.32 bits per heavy atom. The monoisotopic (exact) mass is 291 g/mol. The Hall–Kier alpha value is -2.95. The van der Waals surface area contributed by atoms with Crippen molar-refractivity contribution >= 4 is 17.5 Å². The topological polar surface area (TPSA) is 62.7 Å². The average Bonchev–Trinajstić information content (AvgIpc) is 2.57. The summed E-state index contributed by atoms with van der Waals surface area (Å²) >= 11 is 0. The second-order valence-electron chi connectivity index (χ2n) is 4.93. The molecule has 22 heavy (non-hydrogen) atoms. The molecular formula is C17H17N5. The van der Waals surface area contributed by atoms with Gasteiger partial charge in [0, 0.05) is 5.69 Å². The highest BCUT2D eigenvalue weighted by atomic mass is 15.3. The van der Waals surface area contributed by atoms with Crippen LogP contribution in [0.15, 0.2) is 66.9 Å². The van der Waals surface area contributed by atoms with E-state index in [2.05, 4.69) is 44.9 Å². The Bertz CT molecular complexity index is 715. The molecule has 5 heteroatoms. The van der Waals surface area contributed by atoms with Crippen LogP contribution < -0.4 is 10.6 Å². The summed E-state index contributed by atoms with van der Waals surface area (Å²) in [6.07, 6.45) is 1.60. The lowest BCUT2D eigenvalue weighted by Gasteiger charge is -2.14. The summed E-state index contributed by atoms with van der Waals surface area (Å²) in [5.74, 6) is 1.15. The molecule has 1 aromatic heterocycles. The van der Waals surface area contributed by atoms with E-state index in [9.17, 15) is 0 Å². The molecule has 0 aliphatic carbocycles. The zero-order valence-corrected chi connectivity index (χ0v) is 12.3. The van der Waals surface area contributed by atoms with Gasteiger partial charge in [0.25, 0.3) is 0 Å². The number of hydrogen-bond donors (Lipinski definition) is 2. The molecule has 0 saturated heterocycles. The number of hydrogen-bond acceptors (Lipinski definition) is 5. The highest BCUT2D eigenvalue weighted by Crippen LogP contribution is 2.18. The second-order valence-corrected chi connectivity index (χ2v) is 4.93. The van der Waals surface area contributed by atoms with Gasteiger partial charge in [-0.3, -0.25) is 0 Å². The molecule has 0 bridgehead atoms. The fraction of sp³-hybridized carbons (Fsp3) is 0.118. The number of anilines is 3. The zero-order chi connectivity index (χ0) is 15.2. The standard InChI is InChI=1S/C17H17N5/c1-13(14-8-4-2-5-9-14)19-17-21-16(12-18-22-17)20-15-10-6-3-7-11-15/h2-13H,1H3,(H2,19,20,21,22). The molecule has 0 amide bonds. The molecule has 0 saturated carbocycles. The SMILES string of the molecule is CC(Nc1nncc(Nc2ccccc2)n1)c1ccccc1. The molecule has 1 unspecified atom stereocenters. The first kappa shape index (κ1) is 14.0. The third kappa shape index (κ3) is 3.58. The van der Waals surface area contributed by atoms with Crippen LogP contribution in [0.4, 0.5) is 17.5 Å². The fourth-order valence-electron chi connectivity index (χ4n) is 2.11. The first-order valence-electron chi connectivity index (χ1n) is 7.14. The van der Waals surface area contributed by atoms with Gasteiger partial charge in [0.1, 0.15) is 0 Å². The Balaban J connectivity index is 1.71. The van der Waals surface area contributed by atoms with Gasteiger partial charge in [0.2, 0.25) is 5.95 Å². The van der Waals surface area contributed by atoms with Crippen molar-refractivity contribution in [2.75, 3.05) is 10.6 Å². The number of aromatic nitrogens is 3. The summed E-state index contributed by atoms with van der Waals surface area (Å²) in [6, 6.07) is 20.1. The minimum absolute atomic E-state index is 0.106. The summed E-state index contributed by atoms with van der Waals surface area (Å²) in [5, 5.41) is 14.5. The van der Waals surface area contributed by atoms with Crippen molar-refractivity contribution in [3.05, 3.63) is 72.4 Å². The van der Waals surface area contributed by atoms with E-state index in [1.165, 1.54) is 5.56 Å². The van der Waals surface area contributed by atoms with E-state index in [1.807, 2.05) is 48.5 Å². The van der Waals surface area contributed by atoms with Crippen molar-refractivity contribution in [1.82, 2.24) is 15.2 Å². The van der Waals surface area contributed by atoms with Gasteiger partial charge in [-0.2, -0.15) is 10.1 Å². The highest BCUT2D eigenvalue weighted by Gasteiger charge is 2.07. The molecule has 1 heterocycles. The van der Waals surface area contributed by atoms with Crippen LogP contribution in [0, 0.1) is 0 Å². The van der Waals surface area contributed by atoms with E-state index in [0.717, 1.165) is 5.69 Å². The van der Waals surface area contributed by atoms with Gasteiger partial charge in [-0.05, 0) is 24.6 Å². The van der Waals surface area contributed by atoms with E-state index in [-0.39, 0.29) is 6.04 Å². The molecule has 0 radical (unpaired) electrons. The van der Waals surface area contributed by atoms with Crippen molar-refractivity contribution < 1.29 is 0 Å². The van der Waals surface area contributed by atoms with E-state index in [4.69, 9.17) is 0 Å². The molecule has 3 aromatic rings. The van der Waals surface area contributed by atoms with E-state index in [0.29, 0.717) is 11.8 Å². The van der Waals surface area contributed by atoms with Crippen LogP contribution in [-0.2, 0) is 0 Å². The molecule has 2 N–H and O–H groups in total. The maximum absolute atomic E-state index is 4.44. The minimum Gasteiger partial charge on any atom is -0.346 e. The Labute approximate surface area is 129 Å². The first-order valence-corrected chi connectivity index (χ1v) is 7.14. The molecule has 2 aromatic carbocycles. The summed E-state index contributed by atoms with van der Waals surface area (Å²) in [7, 11) is 0. The van der Waals surface area contributed by atoms with Crippen molar-refractivity contribution in [1.29, 1.82) is 0 Å². The van der Waals surface area contributed by atoms with Crippen LogP contribution in [0.2, 0.25) is 0 Å². The van der Waals surface area contributed by atoms with Gasteiger partial charge in [-0.1, -0.05) is 48.5 Å². The number of benzene rings is 2. The van der Waals surface area contributed by atoms with Crippen LogP contribution in [0.5, 0.6) is 0 Å². The molecule has 1 atom stereocenters. The van der Waals surface area contributed by atoms with E-state index in [1.54, 1.807) is 6.20 Å². The van der Waals surface area contributed by atoms with Crippen molar-refractivity contribution in [3.8, 4) is 0 Å². The molecule has 110 valence electrons. The summed E-state index contributed by atoms with van der Waals surface area (Å²) in [4.78, 5) is 4.44. The number of para-hydroxylation sites is 1. The molecule has 0 aliphatic rings. The molecule has 0 spiro atoms. The smallest absolute Gasteiger partial charge is 0.245 e. The maximum atomic E-state index is 4.44. The van der Waals surface area contributed by atoms with Crippen LogP contribution in [-0.4, -0.2) is 15.2 Å². The van der Waals surface area contributed by atoms with Crippen molar-refractivity contribution in [2.45, 2.75) is 13.0 Å². The van der Waals surface area contributed by atoms with Crippen LogP contribution in [0.1, 0.15) is 18.5 Å².